The lowest BCUT2D eigenvalue weighted by molar-refractivity contribution is -0.136. The summed E-state index contributed by atoms with van der Waals surface area (Å²) in [7, 11) is 0. The number of nitrogens with one attached hydrogen (secondary N) is 1. The SMILES string of the molecule is CCc1ccc(OCC(=O)N2CCCNC(=O)C2)cc1. The summed E-state index contributed by atoms with van der Waals surface area (Å²) in [5, 5.41) is 2.74. The number of aryl methyl sites for hydroxylation is 1. The average Bonchev–Trinajstić information content (AvgIpc) is 2.70. The highest BCUT2D eigenvalue weighted by atomic mass is 16.5. The van der Waals surface area contributed by atoms with Crippen LogP contribution in [0.4, 0.5) is 0 Å². The smallest absolute Gasteiger partial charge is 0.260 e. The fourth-order valence-electron chi connectivity index (χ4n) is 2.08. The second-order valence-corrected chi connectivity index (χ2v) is 4.80. The fraction of sp³-hybridized carbons (Fsp3) is 0.467. The first kappa shape index (κ1) is 14.4. The molecule has 5 heteroatoms. The maximum atomic E-state index is 12.0. The Balaban J connectivity index is 1.85. The third kappa shape index (κ3) is 3.98. The molecule has 1 aromatic rings. The Hall–Kier alpha value is -2.04. The van der Waals surface area contributed by atoms with Crippen LogP contribution < -0.4 is 10.1 Å². The van der Waals surface area contributed by atoms with Gasteiger partial charge in [0.25, 0.3) is 5.91 Å². The van der Waals surface area contributed by atoms with Gasteiger partial charge in [-0.05, 0) is 30.5 Å². The lowest BCUT2D eigenvalue weighted by atomic mass is 10.2. The van der Waals surface area contributed by atoms with Gasteiger partial charge >= 0.3 is 0 Å². The lowest BCUT2D eigenvalue weighted by Gasteiger charge is -2.19. The van der Waals surface area contributed by atoms with E-state index in [-0.39, 0.29) is 25.0 Å². The van der Waals surface area contributed by atoms with Crippen LogP contribution in [0.15, 0.2) is 24.3 Å². The number of carbonyl (C=O) groups is 2. The number of nitrogens with zero attached hydrogens (tertiary/aromatic N) is 1. The van der Waals surface area contributed by atoms with E-state index in [1.807, 2.05) is 24.3 Å². The predicted octanol–water partition coefficient (Wildman–Crippen LogP) is 0.976. The van der Waals surface area contributed by atoms with Crippen LogP contribution in [0.5, 0.6) is 5.75 Å². The molecule has 1 fully saturated rings. The average molecular weight is 276 g/mol. The highest BCUT2D eigenvalue weighted by Crippen LogP contribution is 2.12. The van der Waals surface area contributed by atoms with E-state index in [9.17, 15) is 9.59 Å². The molecule has 0 radical (unpaired) electrons. The Kier molecular flexibility index (Phi) is 4.98. The van der Waals surface area contributed by atoms with Crippen molar-refractivity contribution in [3.63, 3.8) is 0 Å². The molecule has 20 heavy (non-hydrogen) atoms. The Bertz CT molecular complexity index is 471. The molecule has 108 valence electrons. The number of hydrogen-bond acceptors (Lipinski definition) is 3. The van der Waals surface area contributed by atoms with Crippen molar-refractivity contribution in [2.75, 3.05) is 26.2 Å². The van der Waals surface area contributed by atoms with Crippen LogP contribution in [-0.2, 0) is 16.0 Å². The molecule has 1 heterocycles. The Labute approximate surface area is 118 Å². The van der Waals surface area contributed by atoms with Gasteiger partial charge in [-0.1, -0.05) is 19.1 Å². The number of benzene rings is 1. The first-order valence-electron chi connectivity index (χ1n) is 6.95. The van der Waals surface area contributed by atoms with E-state index < -0.39 is 0 Å². The van der Waals surface area contributed by atoms with Crippen molar-refractivity contribution in [1.82, 2.24) is 10.2 Å². The molecule has 2 rings (SSSR count). The summed E-state index contributed by atoms with van der Waals surface area (Å²) in [6, 6.07) is 7.70. The van der Waals surface area contributed by atoms with Crippen LogP contribution in [0.3, 0.4) is 0 Å². The highest BCUT2D eigenvalue weighted by Gasteiger charge is 2.19. The summed E-state index contributed by atoms with van der Waals surface area (Å²) < 4.78 is 5.47. The number of hydrogen-bond donors (Lipinski definition) is 1. The molecule has 1 N–H and O–H groups in total. The summed E-state index contributed by atoms with van der Waals surface area (Å²) in [5.41, 5.74) is 1.23. The predicted molar refractivity (Wildman–Crippen MR) is 75.5 cm³/mol. The normalized spacial score (nSPS) is 15.4. The van der Waals surface area contributed by atoms with Crippen LogP contribution in [0, 0.1) is 0 Å². The van der Waals surface area contributed by atoms with E-state index in [0.29, 0.717) is 18.8 Å². The third-order valence-electron chi connectivity index (χ3n) is 3.31. The fourth-order valence-corrected chi connectivity index (χ4v) is 2.08. The van der Waals surface area contributed by atoms with E-state index in [0.717, 1.165) is 12.8 Å². The minimum absolute atomic E-state index is 0.0290. The topological polar surface area (TPSA) is 58.6 Å². The maximum Gasteiger partial charge on any atom is 0.260 e. The van der Waals surface area contributed by atoms with Crippen molar-refractivity contribution in [1.29, 1.82) is 0 Å². The van der Waals surface area contributed by atoms with Crippen LogP contribution in [0.25, 0.3) is 0 Å². The molecule has 1 saturated heterocycles. The quantitative estimate of drug-likeness (QED) is 0.891. The molecule has 5 nitrogen and oxygen atoms in total. The van der Waals surface area contributed by atoms with Gasteiger partial charge in [0.1, 0.15) is 5.75 Å². The van der Waals surface area contributed by atoms with Crippen LogP contribution in [0.2, 0.25) is 0 Å². The summed E-state index contributed by atoms with van der Waals surface area (Å²) in [4.78, 5) is 25.0. The monoisotopic (exact) mass is 276 g/mol. The molecular formula is C15H20N2O3. The molecule has 0 unspecified atom stereocenters. The first-order chi connectivity index (χ1) is 9.69. The number of ether oxygens (including phenoxy) is 1. The molecule has 2 amide bonds. The number of rotatable bonds is 4. The Morgan fingerprint density at radius 2 is 2.10 bits per heavy atom. The molecule has 1 aliphatic rings. The van der Waals surface area contributed by atoms with Gasteiger partial charge in [-0.3, -0.25) is 9.59 Å². The molecular weight excluding hydrogens is 256 g/mol. The zero-order chi connectivity index (χ0) is 14.4. The highest BCUT2D eigenvalue weighted by molar-refractivity contribution is 5.85. The van der Waals surface area contributed by atoms with Crippen molar-refractivity contribution in [2.45, 2.75) is 19.8 Å². The maximum absolute atomic E-state index is 12.0. The van der Waals surface area contributed by atoms with Crippen molar-refractivity contribution in [2.24, 2.45) is 0 Å². The molecule has 0 spiro atoms. The molecule has 0 aromatic heterocycles. The zero-order valence-corrected chi connectivity index (χ0v) is 11.7. The van der Waals surface area contributed by atoms with Crippen molar-refractivity contribution in [3.8, 4) is 5.75 Å². The second kappa shape index (κ2) is 6.93. The summed E-state index contributed by atoms with van der Waals surface area (Å²) >= 11 is 0. The standard InChI is InChI=1S/C15H20N2O3/c1-2-12-4-6-13(7-5-12)20-11-15(19)17-9-3-8-16-14(18)10-17/h4-7H,2-3,8-11H2,1H3,(H,16,18). The van der Waals surface area contributed by atoms with Crippen molar-refractivity contribution >= 4 is 11.8 Å². The Morgan fingerprint density at radius 3 is 2.80 bits per heavy atom. The second-order valence-electron chi connectivity index (χ2n) is 4.80. The van der Waals surface area contributed by atoms with Gasteiger partial charge in [-0.2, -0.15) is 0 Å². The van der Waals surface area contributed by atoms with E-state index in [4.69, 9.17) is 4.74 Å². The van der Waals surface area contributed by atoms with Crippen molar-refractivity contribution in [3.05, 3.63) is 29.8 Å². The lowest BCUT2D eigenvalue weighted by Crippen LogP contribution is -2.39. The van der Waals surface area contributed by atoms with E-state index in [1.165, 1.54) is 5.56 Å². The van der Waals surface area contributed by atoms with Crippen LogP contribution in [-0.4, -0.2) is 43.0 Å². The Morgan fingerprint density at radius 1 is 1.35 bits per heavy atom. The third-order valence-corrected chi connectivity index (χ3v) is 3.31. The van der Waals surface area contributed by atoms with Gasteiger partial charge in [0.2, 0.25) is 5.91 Å². The van der Waals surface area contributed by atoms with Crippen LogP contribution in [0.1, 0.15) is 18.9 Å². The number of carbonyl (C=O) groups excluding carboxylic acids is 2. The van der Waals surface area contributed by atoms with Gasteiger partial charge in [-0.25, -0.2) is 0 Å². The van der Waals surface area contributed by atoms with Gasteiger partial charge in [0.05, 0.1) is 6.54 Å². The summed E-state index contributed by atoms with van der Waals surface area (Å²) in [6.07, 6.45) is 1.75. The molecule has 1 aliphatic heterocycles. The van der Waals surface area contributed by atoms with E-state index >= 15 is 0 Å². The van der Waals surface area contributed by atoms with Gasteiger partial charge in [0, 0.05) is 13.1 Å². The van der Waals surface area contributed by atoms with Crippen molar-refractivity contribution < 1.29 is 14.3 Å². The minimum atomic E-state index is -0.151. The molecule has 0 atom stereocenters. The molecule has 1 aromatic carbocycles. The van der Waals surface area contributed by atoms with Gasteiger partial charge in [0.15, 0.2) is 6.61 Å². The summed E-state index contributed by atoms with van der Waals surface area (Å²) in [5.74, 6) is 0.416. The molecule has 0 saturated carbocycles. The largest absolute Gasteiger partial charge is 0.484 e. The molecule has 0 bridgehead atoms. The zero-order valence-electron chi connectivity index (χ0n) is 11.7. The minimum Gasteiger partial charge on any atom is -0.484 e. The van der Waals surface area contributed by atoms with Gasteiger partial charge in [-0.15, -0.1) is 0 Å². The summed E-state index contributed by atoms with van der Waals surface area (Å²) in [6.45, 7) is 3.40. The van der Waals surface area contributed by atoms with Gasteiger partial charge < -0.3 is 15.0 Å². The molecule has 0 aliphatic carbocycles. The van der Waals surface area contributed by atoms with E-state index in [1.54, 1.807) is 4.90 Å². The number of amides is 2. The van der Waals surface area contributed by atoms with Crippen LogP contribution >= 0.6 is 0 Å². The first-order valence-corrected chi connectivity index (χ1v) is 6.95. The van der Waals surface area contributed by atoms with E-state index in [2.05, 4.69) is 12.2 Å².